The van der Waals surface area contributed by atoms with Gasteiger partial charge in [0.15, 0.2) is 0 Å². The third kappa shape index (κ3) is 4.66. The van der Waals surface area contributed by atoms with Gasteiger partial charge in [0, 0.05) is 18.3 Å². The lowest BCUT2D eigenvalue weighted by molar-refractivity contribution is -0.142. The van der Waals surface area contributed by atoms with E-state index in [-0.39, 0.29) is 36.1 Å². The van der Waals surface area contributed by atoms with E-state index in [9.17, 15) is 18.8 Å². The van der Waals surface area contributed by atoms with Crippen molar-refractivity contribution in [2.75, 3.05) is 11.9 Å². The zero-order chi connectivity index (χ0) is 27.9. The number of halogens is 1. The Balaban J connectivity index is 1.29. The summed E-state index contributed by atoms with van der Waals surface area (Å²) in [5.74, 6) is -2.27. The molecule has 9 heteroatoms. The third-order valence-electron chi connectivity index (χ3n) is 8.58. The number of fused-ring (bicyclic) bond motifs is 1. The molecule has 2 N–H and O–H groups in total. The van der Waals surface area contributed by atoms with Crippen molar-refractivity contribution in [3.05, 3.63) is 72.1 Å². The highest BCUT2D eigenvalue weighted by Gasteiger charge is 2.72. The normalized spacial score (nSPS) is 28.9. The number of rotatable bonds is 8. The van der Waals surface area contributed by atoms with Crippen LogP contribution in [-0.2, 0) is 25.7 Å². The van der Waals surface area contributed by atoms with Crippen molar-refractivity contribution in [1.29, 1.82) is 0 Å². The van der Waals surface area contributed by atoms with Gasteiger partial charge in [-0.3, -0.25) is 14.4 Å². The van der Waals surface area contributed by atoms with Crippen molar-refractivity contribution in [2.24, 2.45) is 11.8 Å². The molecule has 1 saturated carbocycles. The lowest BCUT2D eigenvalue weighted by Crippen LogP contribution is -2.56. The molecule has 1 spiro atoms. The second kappa shape index (κ2) is 10.7. The quantitative estimate of drug-likeness (QED) is 0.488. The van der Waals surface area contributed by atoms with Gasteiger partial charge in [0.05, 0.1) is 24.5 Å². The van der Waals surface area contributed by atoms with Crippen LogP contribution in [0.4, 0.5) is 10.1 Å². The number of benzene rings is 2. The molecule has 3 aliphatic heterocycles. The molecule has 1 aliphatic carbocycles. The maximum Gasteiger partial charge on any atom is 0.246 e. The van der Waals surface area contributed by atoms with E-state index in [2.05, 4.69) is 10.6 Å². The van der Waals surface area contributed by atoms with Gasteiger partial charge in [0.1, 0.15) is 23.2 Å². The molecule has 0 unspecified atom stereocenters. The predicted octanol–water partition coefficient (Wildman–Crippen LogP) is 3.96. The van der Waals surface area contributed by atoms with Gasteiger partial charge < -0.3 is 25.0 Å². The summed E-state index contributed by atoms with van der Waals surface area (Å²) in [6.07, 6.45) is 8.03. The number of likely N-dealkylation sites (tertiary alicyclic amines) is 1. The number of nitrogens with zero attached hydrogens (tertiary/aromatic N) is 1. The van der Waals surface area contributed by atoms with Crippen molar-refractivity contribution in [3.63, 3.8) is 0 Å². The molecular weight excluding hydrogens is 513 g/mol. The van der Waals surface area contributed by atoms with Crippen LogP contribution in [0.25, 0.3) is 0 Å². The standard InChI is InChI=1S/C31H34FN3O5/c1-2-39-23-14-12-22(13-15-23)33-28(36)25-24-16-17-31(40-24)26(25)30(38)35(18-19-8-10-20(32)11-9-19)27(31)29(37)34-21-6-4-3-5-7-21/h8-17,21,24-27H,2-7,18H2,1H3,(H,33,36)(H,34,37)/t24-,25-,26-,27-,31-/m0/s1. The zero-order valence-electron chi connectivity index (χ0n) is 22.5. The topological polar surface area (TPSA) is 97.0 Å². The molecular formula is C31H34FN3O5. The summed E-state index contributed by atoms with van der Waals surface area (Å²) in [6, 6.07) is 12.0. The Morgan fingerprint density at radius 1 is 1.05 bits per heavy atom. The summed E-state index contributed by atoms with van der Waals surface area (Å²) in [5.41, 5.74) is 0.0198. The summed E-state index contributed by atoms with van der Waals surface area (Å²) < 4.78 is 25.5. The van der Waals surface area contributed by atoms with Gasteiger partial charge in [-0.1, -0.05) is 43.5 Å². The molecule has 8 nitrogen and oxygen atoms in total. The molecule has 40 heavy (non-hydrogen) atoms. The van der Waals surface area contributed by atoms with Crippen LogP contribution in [0.3, 0.4) is 0 Å². The second-order valence-corrected chi connectivity index (χ2v) is 11.1. The Bertz CT molecular complexity index is 1310. The van der Waals surface area contributed by atoms with E-state index in [0.717, 1.165) is 32.1 Å². The molecule has 2 aromatic rings. The van der Waals surface area contributed by atoms with E-state index < -0.39 is 29.6 Å². The monoisotopic (exact) mass is 547 g/mol. The number of ether oxygens (including phenoxy) is 2. The highest BCUT2D eigenvalue weighted by Crippen LogP contribution is 2.55. The minimum atomic E-state index is -1.25. The number of nitrogens with one attached hydrogen (secondary N) is 2. The molecule has 3 amide bonds. The van der Waals surface area contributed by atoms with Crippen LogP contribution in [0.1, 0.15) is 44.6 Å². The summed E-state index contributed by atoms with van der Waals surface area (Å²) in [5, 5.41) is 6.10. The fourth-order valence-corrected chi connectivity index (χ4v) is 6.78. The van der Waals surface area contributed by atoms with Crippen LogP contribution >= 0.6 is 0 Å². The van der Waals surface area contributed by atoms with E-state index in [4.69, 9.17) is 9.47 Å². The molecule has 210 valence electrons. The molecule has 4 aliphatic rings. The third-order valence-corrected chi connectivity index (χ3v) is 8.58. The first-order valence-corrected chi connectivity index (χ1v) is 14.2. The molecule has 2 aromatic carbocycles. The van der Waals surface area contributed by atoms with E-state index in [1.165, 1.54) is 17.0 Å². The highest BCUT2D eigenvalue weighted by molar-refractivity contribution is 6.02. The van der Waals surface area contributed by atoms with Crippen molar-refractivity contribution in [1.82, 2.24) is 10.2 Å². The van der Waals surface area contributed by atoms with E-state index in [1.54, 1.807) is 48.6 Å². The van der Waals surface area contributed by atoms with Crippen molar-refractivity contribution in [3.8, 4) is 5.75 Å². The fourth-order valence-electron chi connectivity index (χ4n) is 6.78. The molecule has 0 aromatic heterocycles. The maximum atomic E-state index is 14.1. The van der Waals surface area contributed by atoms with E-state index in [0.29, 0.717) is 23.6 Å². The Hall–Kier alpha value is -3.72. The molecule has 6 rings (SSSR count). The number of anilines is 1. The molecule has 2 bridgehead atoms. The lowest BCUT2D eigenvalue weighted by atomic mass is 9.74. The van der Waals surface area contributed by atoms with Crippen LogP contribution in [-0.4, -0.2) is 53.0 Å². The maximum absolute atomic E-state index is 14.1. The predicted molar refractivity (Wildman–Crippen MR) is 146 cm³/mol. The van der Waals surface area contributed by atoms with Gasteiger partial charge in [0.2, 0.25) is 17.7 Å². The molecule has 5 atom stereocenters. The van der Waals surface area contributed by atoms with Gasteiger partial charge in [-0.15, -0.1) is 0 Å². The first-order valence-electron chi connectivity index (χ1n) is 14.2. The Labute approximate surface area is 232 Å². The van der Waals surface area contributed by atoms with Crippen LogP contribution in [0, 0.1) is 17.7 Å². The molecule has 2 saturated heterocycles. The Morgan fingerprint density at radius 3 is 2.48 bits per heavy atom. The van der Waals surface area contributed by atoms with Crippen LogP contribution < -0.4 is 15.4 Å². The largest absolute Gasteiger partial charge is 0.494 e. The Kier molecular flexibility index (Phi) is 7.08. The van der Waals surface area contributed by atoms with Crippen LogP contribution in [0.2, 0.25) is 0 Å². The second-order valence-electron chi connectivity index (χ2n) is 11.1. The first kappa shape index (κ1) is 26.5. The average Bonchev–Trinajstić information content (AvgIpc) is 3.59. The van der Waals surface area contributed by atoms with Crippen molar-refractivity contribution in [2.45, 2.75) is 69.4 Å². The molecule has 3 heterocycles. The van der Waals surface area contributed by atoms with E-state index in [1.807, 2.05) is 6.92 Å². The van der Waals surface area contributed by atoms with Gasteiger partial charge in [-0.2, -0.15) is 0 Å². The van der Waals surface area contributed by atoms with Gasteiger partial charge in [-0.25, -0.2) is 4.39 Å². The zero-order valence-corrected chi connectivity index (χ0v) is 22.5. The summed E-state index contributed by atoms with van der Waals surface area (Å²) >= 11 is 0. The number of hydrogen-bond acceptors (Lipinski definition) is 5. The van der Waals surface area contributed by atoms with Gasteiger partial charge >= 0.3 is 0 Å². The Morgan fingerprint density at radius 2 is 1.77 bits per heavy atom. The summed E-state index contributed by atoms with van der Waals surface area (Å²) in [6.45, 7) is 2.54. The smallest absolute Gasteiger partial charge is 0.246 e. The summed E-state index contributed by atoms with van der Waals surface area (Å²) in [7, 11) is 0. The number of hydrogen-bond donors (Lipinski definition) is 2. The van der Waals surface area contributed by atoms with Crippen molar-refractivity contribution < 1.29 is 28.2 Å². The summed E-state index contributed by atoms with van der Waals surface area (Å²) in [4.78, 5) is 43.1. The highest BCUT2D eigenvalue weighted by atomic mass is 19.1. The minimum Gasteiger partial charge on any atom is -0.494 e. The van der Waals surface area contributed by atoms with Crippen molar-refractivity contribution >= 4 is 23.4 Å². The van der Waals surface area contributed by atoms with E-state index >= 15 is 0 Å². The average molecular weight is 548 g/mol. The number of amides is 3. The lowest BCUT2D eigenvalue weighted by Gasteiger charge is -2.34. The van der Waals surface area contributed by atoms with Gasteiger partial charge in [-0.05, 0) is 61.7 Å². The SMILES string of the molecule is CCOc1ccc(NC(=O)[C@H]2[C@@H]3C=C[C@]4(O3)[C@@H]2C(=O)N(Cc2ccc(F)cc2)[C@H]4C(=O)NC2CCCCC2)cc1. The molecule has 0 radical (unpaired) electrons. The van der Waals surface area contributed by atoms with Gasteiger partial charge in [0.25, 0.3) is 0 Å². The fraction of sp³-hybridized carbons (Fsp3) is 0.452. The number of carbonyl (C=O) groups is 3. The molecule has 3 fully saturated rings. The van der Waals surface area contributed by atoms with Crippen LogP contribution in [0.15, 0.2) is 60.7 Å². The van der Waals surface area contributed by atoms with Crippen LogP contribution in [0.5, 0.6) is 5.75 Å². The number of carbonyl (C=O) groups excluding carboxylic acids is 3. The first-order chi connectivity index (χ1) is 19.4. The minimum absolute atomic E-state index is 0.0424.